The third-order valence-corrected chi connectivity index (χ3v) is 6.72. The topological polar surface area (TPSA) is 50.1 Å². The number of hydrogen-bond acceptors (Lipinski definition) is 3. The summed E-state index contributed by atoms with van der Waals surface area (Å²) >= 11 is 0. The van der Waals surface area contributed by atoms with E-state index < -0.39 is 41.4 Å². The highest BCUT2D eigenvalue weighted by molar-refractivity contribution is 5.92. The van der Waals surface area contributed by atoms with Gasteiger partial charge in [-0.05, 0) is 66.1 Å². The summed E-state index contributed by atoms with van der Waals surface area (Å²) in [5.41, 5.74) is -0.00301. The Kier molecular flexibility index (Phi) is 7.39. The molecule has 3 aromatic carbocycles. The maximum Gasteiger partial charge on any atom is 0.343 e. The molecule has 0 aromatic heterocycles. The Morgan fingerprint density at radius 2 is 1.74 bits per heavy atom. The van der Waals surface area contributed by atoms with Crippen molar-refractivity contribution in [2.24, 2.45) is 5.92 Å². The zero-order chi connectivity index (χ0) is 25.1. The fourth-order valence-electron chi connectivity index (χ4n) is 4.88. The van der Waals surface area contributed by atoms with Gasteiger partial charge in [-0.3, -0.25) is 0 Å². The molecule has 2 atom stereocenters. The van der Waals surface area contributed by atoms with Crippen molar-refractivity contribution < 1.29 is 27.1 Å². The Morgan fingerprint density at radius 1 is 1.06 bits per heavy atom. The van der Waals surface area contributed by atoms with Crippen LogP contribution in [-0.2, 0) is 0 Å². The van der Waals surface area contributed by atoms with Crippen LogP contribution in [0.1, 0.15) is 66.4 Å². The van der Waals surface area contributed by atoms with E-state index >= 15 is 0 Å². The number of unbranched alkanes of at least 4 members (excludes halogenated alkanes) is 1. The molecule has 0 bridgehead atoms. The molecule has 7 heteroatoms. The molecule has 1 fully saturated rings. The SMILES string of the molecule is CCCCC1CC(F)C(c2ccc(C(=O)Oc3ccc4c(F)c(C#N)c(F)cc4c3)cc2)C(F)C1. The molecule has 3 aromatic rings. The van der Waals surface area contributed by atoms with E-state index in [4.69, 9.17) is 10.00 Å². The smallest absolute Gasteiger partial charge is 0.343 e. The van der Waals surface area contributed by atoms with Crippen LogP contribution in [0.15, 0.2) is 48.5 Å². The first-order chi connectivity index (χ1) is 16.8. The number of nitriles is 1. The predicted octanol–water partition coefficient (Wildman–Crippen LogP) is 7.57. The molecule has 1 saturated carbocycles. The maximum absolute atomic E-state index is 14.8. The second-order valence-corrected chi connectivity index (χ2v) is 9.09. The van der Waals surface area contributed by atoms with Crippen LogP contribution < -0.4 is 4.74 Å². The number of esters is 1. The number of carbonyl (C=O) groups excluding carboxylic acids is 1. The molecule has 0 N–H and O–H groups in total. The van der Waals surface area contributed by atoms with Crippen molar-refractivity contribution in [3.05, 3.63) is 76.9 Å². The fourth-order valence-corrected chi connectivity index (χ4v) is 4.88. The summed E-state index contributed by atoms with van der Waals surface area (Å²) in [5, 5.41) is 9.05. The van der Waals surface area contributed by atoms with Crippen molar-refractivity contribution in [1.29, 1.82) is 5.26 Å². The summed E-state index contributed by atoms with van der Waals surface area (Å²) in [6, 6.07) is 12.4. The summed E-state index contributed by atoms with van der Waals surface area (Å²) in [4.78, 5) is 12.6. The minimum Gasteiger partial charge on any atom is -0.423 e. The molecule has 3 nitrogen and oxygen atoms in total. The quantitative estimate of drug-likeness (QED) is 0.206. The Bertz CT molecular complexity index is 1260. The monoisotopic (exact) mass is 483 g/mol. The van der Waals surface area contributed by atoms with Gasteiger partial charge in [-0.25, -0.2) is 22.4 Å². The molecule has 0 heterocycles. The van der Waals surface area contributed by atoms with Gasteiger partial charge in [0, 0.05) is 11.3 Å². The number of halogens is 4. The highest BCUT2D eigenvalue weighted by Crippen LogP contribution is 2.41. The average Bonchev–Trinajstić information content (AvgIpc) is 2.83. The Hall–Kier alpha value is -3.40. The maximum atomic E-state index is 14.8. The first-order valence-corrected chi connectivity index (χ1v) is 11.7. The van der Waals surface area contributed by atoms with Crippen molar-refractivity contribution >= 4 is 16.7 Å². The van der Waals surface area contributed by atoms with E-state index in [0.717, 1.165) is 25.3 Å². The molecule has 0 spiro atoms. The number of nitrogens with zero attached hydrogens (tertiary/aromatic N) is 1. The molecule has 1 aliphatic carbocycles. The first kappa shape index (κ1) is 24.7. The lowest BCUT2D eigenvalue weighted by Crippen LogP contribution is -2.33. The number of benzene rings is 3. The number of alkyl halides is 2. The normalized spacial score (nSPS) is 22.1. The van der Waals surface area contributed by atoms with Gasteiger partial charge in [-0.15, -0.1) is 0 Å². The van der Waals surface area contributed by atoms with Crippen LogP contribution in [0.4, 0.5) is 17.6 Å². The second kappa shape index (κ2) is 10.5. The lowest BCUT2D eigenvalue weighted by molar-refractivity contribution is 0.0735. The fraction of sp³-hybridized carbons (Fsp3) is 0.357. The van der Waals surface area contributed by atoms with Gasteiger partial charge in [0.15, 0.2) is 5.82 Å². The van der Waals surface area contributed by atoms with Crippen LogP contribution in [0.3, 0.4) is 0 Å². The molecule has 4 rings (SSSR count). The summed E-state index contributed by atoms with van der Waals surface area (Å²) in [7, 11) is 0. The van der Waals surface area contributed by atoms with Crippen molar-refractivity contribution in [2.45, 2.75) is 57.3 Å². The minimum atomic E-state index is -1.28. The van der Waals surface area contributed by atoms with E-state index in [1.807, 2.05) is 0 Å². The number of ether oxygens (including phenoxy) is 1. The van der Waals surface area contributed by atoms with Crippen molar-refractivity contribution in [3.63, 3.8) is 0 Å². The number of carbonyl (C=O) groups is 1. The Morgan fingerprint density at radius 3 is 2.37 bits per heavy atom. The van der Waals surface area contributed by atoms with E-state index in [9.17, 15) is 22.4 Å². The van der Waals surface area contributed by atoms with Gasteiger partial charge in [0.05, 0.1) is 5.56 Å². The molecular weight excluding hydrogens is 458 g/mol. The standard InChI is InChI=1S/C28H25F4NO2/c1-2-3-4-16-11-24(30)26(25(31)12-16)17-5-7-18(8-6-17)28(34)35-20-9-10-21-19(13-20)14-23(29)22(15-33)27(21)32/h5-10,13-14,16,24-26H,2-4,11-12H2,1H3. The molecule has 0 amide bonds. The van der Waals surface area contributed by atoms with E-state index in [1.54, 1.807) is 12.1 Å². The Labute approximate surface area is 201 Å². The van der Waals surface area contributed by atoms with Gasteiger partial charge in [0.25, 0.3) is 0 Å². The summed E-state index contributed by atoms with van der Waals surface area (Å²) in [6.45, 7) is 2.06. The van der Waals surface area contributed by atoms with Crippen LogP contribution in [-0.4, -0.2) is 18.3 Å². The average molecular weight is 484 g/mol. The van der Waals surface area contributed by atoms with Crippen molar-refractivity contribution in [1.82, 2.24) is 0 Å². The molecule has 0 saturated heterocycles. The zero-order valence-corrected chi connectivity index (χ0v) is 19.2. The molecule has 2 unspecified atom stereocenters. The van der Waals surface area contributed by atoms with Crippen LogP contribution >= 0.6 is 0 Å². The molecule has 1 aliphatic rings. The summed E-state index contributed by atoms with van der Waals surface area (Å²) < 4.78 is 63.2. The van der Waals surface area contributed by atoms with E-state index in [0.29, 0.717) is 18.4 Å². The van der Waals surface area contributed by atoms with Gasteiger partial charge >= 0.3 is 5.97 Å². The summed E-state index contributed by atoms with van der Waals surface area (Å²) in [5.74, 6) is -3.45. The predicted molar refractivity (Wildman–Crippen MR) is 125 cm³/mol. The Balaban J connectivity index is 1.47. The lowest BCUT2D eigenvalue weighted by atomic mass is 9.74. The van der Waals surface area contributed by atoms with Gasteiger partial charge in [-0.1, -0.05) is 38.3 Å². The van der Waals surface area contributed by atoms with E-state index in [1.165, 1.54) is 36.4 Å². The molecule has 0 radical (unpaired) electrons. The number of hydrogen-bond donors (Lipinski definition) is 0. The summed E-state index contributed by atoms with van der Waals surface area (Å²) in [6.07, 6.45) is 0.926. The van der Waals surface area contributed by atoms with Crippen LogP contribution in [0.25, 0.3) is 10.8 Å². The molecular formula is C28H25F4NO2. The molecule has 35 heavy (non-hydrogen) atoms. The van der Waals surface area contributed by atoms with Gasteiger partial charge in [-0.2, -0.15) is 5.26 Å². The molecule has 0 aliphatic heterocycles. The third kappa shape index (κ3) is 5.17. The van der Waals surface area contributed by atoms with Crippen LogP contribution in [0.2, 0.25) is 0 Å². The van der Waals surface area contributed by atoms with Crippen molar-refractivity contribution in [3.8, 4) is 11.8 Å². The largest absolute Gasteiger partial charge is 0.423 e. The zero-order valence-electron chi connectivity index (χ0n) is 19.2. The van der Waals surface area contributed by atoms with E-state index in [-0.39, 0.29) is 28.0 Å². The number of fused-ring (bicyclic) bond motifs is 1. The molecule has 182 valence electrons. The van der Waals surface area contributed by atoms with Gasteiger partial charge in [0.2, 0.25) is 0 Å². The highest BCUT2D eigenvalue weighted by Gasteiger charge is 2.39. The highest BCUT2D eigenvalue weighted by atomic mass is 19.2. The third-order valence-electron chi connectivity index (χ3n) is 6.72. The van der Waals surface area contributed by atoms with Crippen LogP contribution in [0.5, 0.6) is 5.75 Å². The van der Waals surface area contributed by atoms with Gasteiger partial charge < -0.3 is 4.74 Å². The second-order valence-electron chi connectivity index (χ2n) is 9.09. The van der Waals surface area contributed by atoms with E-state index in [2.05, 4.69) is 6.92 Å². The minimum absolute atomic E-state index is 0.0260. The van der Waals surface area contributed by atoms with Crippen molar-refractivity contribution in [2.75, 3.05) is 0 Å². The lowest BCUT2D eigenvalue weighted by Gasteiger charge is -2.35. The van der Waals surface area contributed by atoms with Gasteiger partial charge in [0.1, 0.15) is 35.5 Å². The van der Waals surface area contributed by atoms with Crippen LogP contribution in [0, 0.1) is 28.9 Å². The number of rotatable bonds is 6. The first-order valence-electron chi connectivity index (χ1n) is 11.7.